The zero-order valence-corrected chi connectivity index (χ0v) is 23.3. The molecule has 2 amide bonds. The summed E-state index contributed by atoms with van der Waals surface area (Å²) in [6.45, 7) is 5.86. The molecule has 2 aliphatic rings. The summed E-state index contributed by atoms with van der Waals surface area (Å²) in [7, 11) is -3.87. The van der Waals surface area contributed by atoms with Crippen LogP contribution in [0.1, 0.15) is 48.5 Å². The zero-order valence-electron chi connectivity index (χ0n) is 22.4. The van der Waals surface area contributed by atoms with E-state index in [9.17, 15) is 18.0 Å². The molecule has 206 valence electrons. The average molecular weight is 549 g/mol. The number of likely N-dealkylation sites (tertiary alicyclic amines) is 1. The first-order valence-electron chi connectivity index (χ1n) is 13.7. The Morgan fingerprint density at radius 3 is 2.46 bits per heavy atom. The Bertz CT molecular complexity index is 1480. The molecule has 0 bridgehead atoms. The minimum Gasteiger partial charge on any atom is -0.341 e. The van der Waals surface area contributed by atoms with E-state index in [0.717, 1.165) is 31.4 Å². The number of sulfonamides is 1. The van der Waals surface area contributed by atoms with Crippen molar-refractivity contribution in [3.63, 3.8) is 0 Å². The van der Waals surface area contributed by atoms with Gasteiger partial charge in [-0.15, -0.1) is 0 Å². The third-order valence-electron chi connectivity index (χ3n) is 8.05. The number of nitrogens with zero attached hydrogens (tertiary/aromatic N) is 1. The van der Waals surface area contributed by atoms with E-state index >= 15 is 0 Å². The number of hydrogen-bond acceptors (Lipinski definition) is 5. The summed E-state index contributed by atoms with van der Waals surface area (Å²) in [6, 6.07) is 17.4. The molecule has 3 aromatic rings. The molecule has 3 N–H and O–H groups in total. The molecule has 0 spiro atoms. The number of fused-ring (bicyclic) bond motifs is 1. The molecule has 0 saturated carbocycles. The second-order valence-corrected chi connectivity index (χ2v) is 12.2. The van der Waals surface area contributed by atoms with E-state index in [1.165, 1.54) is 0 Å². The third-order valence-corrected chi connectivity index (χ3v) is 9.59. The summed E-state index contributed by atoms with van der Waals surface area (Å²) in [4.78, 5) is 28.0. The molecule has 0 aliphatic carbocycles. The number of rotatable bonds is 7. The van der Waals surface area contributed by atoms with Crippen molar-refractivity contribution in [2.24, 2.45) is 5.92 Å². The van der Waals surface area contributed by atoms with Crippen LogP contribution in [0.4, 0.5) is 5.69 Å². The van der Waals surface area contributed by atoms with Crippen LogP contribution < -0.4 is 15.4 Å². The molecule has 5 rings (SSSR count). The fourth-order valence-electron chi connectivity index (χ4n) is 5.81. The van der Waals surface area contributed by atoms with Crippen LogP contribution in [-0.4, -0.2) is 56.9 Å². The summed E-state index contributed by atoms with van der Waals surface area (Å²) in [6.07, 6.45) is 3.20. The number of carbonyl (C=O) groups is 2. The number of amides is 2. The predicted octanol–water partition coefficient (Wildman–Crippen LogP) is 4.06. The van der Waals surface area contributed by atoms with Crippen LogP contribution in [0.3, 0.4) is 0 Å². The third kappa shape index (κ3) is 5.71. The van der Waals surface area contributed by atoms with Gasteiger partial charge in [-0.2, -0.15) is 0 Å². The predicted molar refractivity (Wildman–Crippen MR) is 153 cm³/mol. The van der Waals surface area contributed by atoms with Gasteiger partial charge in [-0.05, 0) is 62.4 Å². The lowest BCUT2D eigenvalue weighted by Gasteiger charge is -2.39. The second-order valence-electron chi connectivity index (χ2n) is 10.5. The van der Waals surface area contributed by atoms with Crippen LogP contribution in [-0.2, 0) is 14.8 Å². The summed E-state index contributed by atoms with van der Waals surface area (Å²) < 4.78 is 30.4. The van der Waals surface area contributed by atoms with E-state index < -0.39 is 10.0 Å². The fourth-order valence-corrected chi connectivity index (χ4v) is 7.36. The highest BCUT2D eigenvalue weighted by atomic mass is 32.2. The van der Waals surface area contributed by atoms with Crippen LogP contribution >= 0.6 is 0 Å². The van der Waals surface area contributed by atoms with Gasteiger partial charge in [-0.25, -0.2) is 13.1 Å². The van der Waals surface area contributed by atoms with E-state index in [4.69, 9.17) is 0 Å². The van der Waals surface area contributed by atoms with Gasteiger partial charge in [-0.1, -0.05) is 55.8 Å². The maximum atomic E-state index is 13.7. The monoisotopic (exact) mass is 548 g/mol. The van der Waals surface area contributed by atoms with Crippen molar-refractivity contribution in [1.29, 1.82) is 0 Å². The molecule has 2 saturated heterocycles. The number of nitrogens with one attached hydrogen (secondary N) is 3. The lowest BCUT2D eigenvalue weighted by atomic mass is 9.90. The first-order chi connectivity index (χ1) is 18.8. The molecule has 8 nitrogen and oxygen atoms in total. The molecule has 9 heteroatoms. The SMILES string of the molecule is CC[C@H]1CN(C(=O)[C@@H]2CCCN2)CC[C@@H]1NS(=O)(=O)c1ccc(NC(=O)c2ccccc2C)c2ccccc12. The highest BCUT2D eigenvalue weighted by Gasteiger charge is 2.36. The van der Waals surface area contributed by atoms with E-state index in [1.807, 2.05) is 49.1 Å². The Morgan fingerprint density at radius 1 is 1.00 bits per heavy atom. The second kappa shape index (κ2) is 11.5. The molecule has 2 fully saturated rings. The minimum absolute atomic E-state index is 0.0258. The average Bonchev–Trinajstić information content (AvgIpc) is 3.48. The maximum absolute atomic E-state index is 13.7. The van der Waals surface area contributed by atoms with Gasteiger partial charge in [-0.3, -0.25) is 9.59 Å². The van der Waals surface area contributed by atoms with Crippen molar-refractivity contribution in [2.45, 2.75) is 56.5 Å². The van der Waals surface area contributed by atoms with Crippen molar-refractivity contribution < 1.29 is 18.0 Å². The number of carbonyl (C=O) groups excluding carboxylic acids is 2. The molecule has 3 atom stereocenters. The van der Waals surface area contributed by atoms with Crippen LogP contribution in [0.15, 0.2) is 65.6 Å². The number of aryl methyl sites for hydroxylation is 1. The van der Waals surface area contributed by atoms with Crippen LogP contribution in [0.25, 0.3) is 10.8 Å². The summed E-state index contributed by atoms with van der Waals surface area (Å²) in [5, 5.41) is 7.43. The molecular weight excluding hydrogens is 512 g/mol. The Labute approximate surface area is 230 Å². The molecule has 0 aromatic heterocycles. The van der Waals surface area contributed by atoms with Gasteiger partial charge in [0.1, 0.15) is 0 Å². The summed E-state index contributed by atoms with van der Waals surface area (Å²) in [5.74, 6) is -0.0914. The van der Waals surface area contributed by atoms with Gasteiger partial charge in [0.15, 0.2) is 0 Å². The highest BCUT2D eigenvalue weighted by molar-refractivity contribution is 7.89. The van der Waals surface area contributed by atoms with Gasteiger partial charge in [0.2, 0.25) is 15.9 Å². The number of piperidine rings is 1. The lowest BCUT2D eigenvalue weighted by molar-refractivity contribution is -0.135. The molecule has 2 heterocycles. The minimum atomic E-state index is -3.87. The molecule has 0 radical (unpaired) electrons. The van der Waals surface area contributed by atoms with Crippen molar-refractivity contribution in [1.82, 2.24) is 14.9 Å². The fraction of sp³-hybridized carbons (Fsp3) is 0.400. The number of anilines is 1. The topological polar surface area (TPSA) is 108 Å². The van der Waals surface area contributed by atoms with E-state index in [1.54, 1.807) is 30.3 Å². The summed E-state index contributed by atoms with van der Waals surface area (Å²) >= 11 is 0. The maximum Gasteiger partial charge on any atom is 0.255 e. The van der Waals surface area contributed by atoms with Crippen molar-refractivity contribution in [3.05, 3.63) is 71.8 Å². The molecule has 2 aliphatic heterocycles. The van der Waals surface area contributed by atoms with Crippen molar-refractivity contribution in [2.75, 3.05) is 25.0 Å². The normalized spacial score (nSPS) is 21.7. The molecule has 0 unspecified atom stereocenters. The van der Waals surface area contributed by atoms with Crippen molar-refractivity contribution in [3.8, 4) is 0 Å². The summed E-state index contributed by atoms with van der Waals surface area (Å²) in [5.41, 5.74) is 1.98. The number of benzene rings is 3. The molecular formula is C30H36N4O4S. The number of hydrogen-bond donors (Lipinski definition) is 3. The van der Waals surface area contributed by atoms with E-state index in [-0.39, 0.29) is 34.7 Å². The standard InChI is InChI=1S/C30H36N4O4S/c1-3-21-19-34(30(36)27-13-8-17-31-27)18-16-25(21)33-39(37,38)28-15-14-26(23-11-6-7-12-24(23)28)32-29(35)22-10-5-4-9-20(22)2/h4-7,9-12,14-15,21,25,27,31,33H,3,8,13,16-19H2,1-2H3,(H,32,35)/t21-,25-,27-/m0/s1. The largest absolute Gasteiger partial charge is 0.341 e. The first-order valence-corrected chi connectivity index (χ1v) is 15.2. The van der Waals surface area contributed by atoms with Gasteiger partial charge in [0.05, 0.1) is 10.9 Å². The van der Waals surface area contributed by atoms with E-state index in [0.29, 0.717) is 41.5 Å². The Hall–Kier alpha value is -3.27. The van der Waals surface area contributed by atoms with Gasteiger partial charge < -0.3 is 15.5 Å². The van der Waals surface area contributed by atoms with Gasteiger partial charge in [0.25, 0.3) is 5.91 Å². The Kier molecular flexibility index (Phi) is 8.02. The Balaban J connectivity index is 1.36. The Morgan fingerprint density at radius 2 is 1.74 bits per heavy atom. The highest BCUT2D eigenvalue weighted by Crippen LogP contribution is 2.31. The van der Waals surface area contributed by atoms with Crippen LogP contribution in [0, 0.1) is 12.8 Å². The zero-order chi connectivity index (χ0) is 27.6. The quantitative estimate of drug-likeness (QED) is 0.413. The molecule has 3 aromatic carbocycles. The smallest absolute Gasteiger partial charge is 0.255 e. The van der Waals surface area contributed by atoms with E-state index in [2.05, 4.69) is 15.4 Å². The van der Waals surface area contributed by atoms with Crippen LogP contribution in [0.5, 0.6) is 0 Å². The first kappa shape index (κ1) is 27.3. The molecule has 39 heavy (non-hydrogen) atoms. The van der Waals surface area contributed by atoms with Crippen LogP contribution in [0.2, 0.25) is 0 Å². The lowest BCUT2D eigenvalue weighted by Crippen LogP contribution is -2.55. The van der Waals surface area contributed by atoms with Gasteiger partial charge >= 0.3 is 0 Å². The van der Waals surface area contributed by atoms with Crippen molar-refractivity contribution >= 4 is 38.3 Å². The van der Waals surface area contributed by atoms with Gasteiger partial charge in [0, 0.05) is 41.2 Å².